The van der Waals surface area contributed by atoms with Crippen molar-refractivity contribution >= 4 is 6.09 Å². The molecule has 4 nitrogen and oxygen atoms in total. The number of carbonyl (C=O) groups is 1. The van der Waals surface area contributed by atoms with Crippen LogP contribution in [0.2, 0.25) is 0 Å². The van der Waals surface area contributed by atoms with E-state index in [-0.39, 0.29) is 0 Å². The van der Waals surface area contributed by atoms with Gasteiger partial charge < -0.3 is 10.2 Å². The molecule has 0 aliphatic heterocycles. The van der Waals surface area contributed by atoms with Gasteiger partial charge in [0.2, 0.25) is 0 Å². The van der Waals surface area contributed by atoms with Crippen LogP contribution in [0.25, 0.3) is 0 Å². The second-order valence-electron chi connectivity index (χ2n) is 6.60. The summed E-state index contributed by atoms with van der Waals surface area (Å²) in [6.45, 7) is 6.82. The third kappa shape index (κ3) is 3.59. The molecule has 5 heteroatoms. The zero-order valence-electron chi connectivity index (χ0n) is 12.3. The molecule has 2 unspecified atom stereocenters. The Morgan fingerprint density at radius 2 is 1.74 bits per heavy atom. The summed E-state index contributed by atoms with van der Waals surface area (Å²) in [5.74, 6) is 0. The Morgan fingerprint density at radius 1 is 1.26 bits per heavy atom. The number of aliphatic hydroxyl groups is 1. The van der Waals surface area contributed by atoms with Crippen LogP contribution in [0.15, 0.2) is 0 Å². The van der Waals surface area contributed by atoms with E-state index < -0.39 is 29.4 Å². The maximum atomic E-state index is 14.8. The van der Waals surface area contributed by atoms with Crippen LogP contribution in [-0.4, -0.2) is 44.6 Å². The number of hydrogen-bond acceptors (Lipinski definition) is 2. The molecule has 1 fully saturated rings. The predicted molar refractivity (Wildman–Crippen MR) is 72.0 cm³/mol. The smallest absolute Gasteiger partial charge is 0.408 e. The van der Waals surface area contributed by atoms with E-state index in [0.717, 1.165) is 24.2 Å². The molecule has 1 aliphatic rings. The molecule has 2 atom stereocenters. The second-order valence-corrected chi connectivity index (χ2v) is 6.60. The average molecular weight is 275 g/mol. The van der Waals surface area contributed by atoms with Crippen molar-refractivity contribution in [1.29, 1.82) is 0 Å². The van der Waals surface area contributed by atoms with E-state index in [1.807, 2.05) is 0 Å². The van der Waals surface area contributed by atoms with Crippen LogP contribution in [0.4, 0.5) is 9.18 Å². The van der Waals surface area contributed by atoms with Crippen molar-refractivity contribution < 1.29 is 19.4 Å². The summed E-state index contributed by atoms with van der Waals surface area (Å²) < 4.78 is 14.8. The predicted octanol–water partition coefficient (Wildman–Crippen LogP) is 3.19. The van der Waals surface area contributed by atoms with Gasteiger partial charge in [-0.2, -0.15) is 0 Å². The Hall–Kier alpha value is -0.840. The van der Waals surface area contributed by atoms with E-state index in [9.17, 15) is 19.4 Å². The van der Waals surface area contributed by atoms with Crippen LogP contribution in [0.3, 0.4) is 0 Å². The highest BCUT2D eigenvalue weighted by atomic mass is 19.1. The number of hydrogen-bond donors (Lipinski definition) is 2. The topological polar surface area (TPSA) is 60.8 Å². The van der Waals surface area contributed by atoms with Gasteiger partial charge in [0, 0.05) is 5.54 Å². The van der Waals surface area contributed by atoms with Crippen LogP contribution in [0, 0.1) is 0 Å². The van der Waals surface area contributed by atoms with E-state index in [2.05, 4.69) is 0 Å². The number of carboxylic acid groups (broad SMARTS) is 1. The molecule has 0 aromatic rings. The van der Waals surface area contributed by atoms with Gasteiger partial charge in [-0.1, -0.05) is 19.3 Å². The van der Waals surface area contributed by atoms with E-state index in [1.165, 1.54) is 0 Å². The third-order valence-corrected chi connectivity index (χ3v) is 4.01. The molecule has 2 N–H and O–H groups in total. The molecule has 1 amide bonds. The fraction of sp³-hybridized carbons (Fsp3) is 0.929. The molecule has 1 rings (SSSR count). The van der Waals surface area contributed by atoms with Crippen molar-refractivity contribution in [3.05, 3.63) is 0 Å². The first-order chi connectivity index (χ1) is 8.59. The molecular weight excluding hydrogens is 249 g/mol. The minimum Gasteiger partial charge on any atom is -0.465 e. The van der Waals surface area contributed by atoms with Crippen LogP contribution in [0.5, 0.6) is 0 Å². The number of nitrogens with zero attached hydrogens (tertiary/aromatic N) is 1. The van der Waals surface area contributed by atoms with Crippen molar-refractivity contribution in [2.45, 2.75) is 83.2 Å². The van der Waals surface area contributed by atoms with Gasteiger partial charge in [0.1, 0.15) is 11.8 Å². The van der Waals surface area contributed by atoms with E-state index >= 15 is 0 Å². The fourth-order valence-electron chi connectivity index (χ4n) is 3.08. The molecular formula is C14H26FNO3. The van der Waals surface area contributed by atoms with Crippen LogP contribution in [0.1, 0.15) is 59.8 Å². The molecule has 0 aromatic carbocycles. The molecule has 1 saturated carbocycles. The molecule has 0 aromatic heterocycles. The average Bonchev–Trinajstić information content (AvgIpc) is 2.26. The maximum absolute atomic E-state index is 14.8. The van der Waals surface area contributed by atoms with Crippen molar-refractivity contribution in [3.8, 4) is 0 Å². The number of alkyl halides is 1. The summed E-state index contributed by atoms with van der Waals surface area (Å²) in [4.78, 5) is 12.5. The third-order valence-electron chi connectivity index (χ3n) is 4.01. The zero-order valence-corrected chi connectivity index (χ0v) is 12.3. The van der Waals surface area contributed by atoms with Gasteiger partial charge in [-0.3, -0.25) is 4.90 Å². The van der Waals surface area contributed by atoms with E-state index in [4.69, 9.17) is 0 Å². The van der Waals surface area contributed by atoms with E-state index in [1.54, 1.807) is 27.7 Å². The van der Waals surface area contributed by atoms with Gasteiger partial charge in [-0.05, 0) is 40.5 Å². The van der Waals surface area contributed by atoms with Crippen LogP contribution in [-0.2, 0) is 0 Å². The first-order valence-electron chi connectivity index (χ1n) is 6.99. The zero-order chi connectivity index (χ0) is 14.8. The Labute approximate surface area is 114 Å². The van der Waals surface area contributed by atoms with Gasteiger partial charge in [-0.15, -0.1) is 0 Å². The highest BCUT2D eigenvalue weighted by molar-refractivity contribution is 5.66. The lowest BCUT2D eigenvalue weighted by atomic mass is 9.79. The largest absolute Gasteiger partial charge is 0.465 e. The quantitative estimate of drug-likeness (QED) is 0.831. The number of rotatable bonds is 3. The highest BCUT2D eigenvalue weighted by Crippen LogP contribution is 2.37. The molecule has 19 heavy (non-hydrogen) atoms. The Kier molecular flexibility index (Phi) is 4.82. The molecule has 0 spiro atoms. The van der Waals surface area contributed by atoms with E-state index in [0.29, 0.717) is 12.8 Å². The number of aliphatic hydroxyl groups excluding tert-OH is 1. The Morgan fingerprint density at radius 3 is 2.11 bits per heavy atom. The summed E-state index contributed by atoms with van der Waals surface area (Å²) in [7, 11) is 0. The lowest BCUT2D eigenvalue weighted by molar-refractivity contribution is -0.0834. The van der Waals surface area contributed by atoms with Gasteiger partial charge >= 0.3 is 6.09 Å². The number of halogens is 1. The van der Waals surface area contributed by atoms with Crippen molar-refractivity contribution in [2.75, 3.05) is 0 Å². The van der Waals surface area contributed by atoms with Gasteiger partial charge in [0.05, 0.1) is 6.04 Å². The highest BCUT2D eigenvalue weighted by Gasteiger charge is 2.46. The molecule has 0 heterocycles. The molecule has 0 bridgehead atoms. The van der Waals surface area contributed by atoms with Crippen LogP contribution >= 0.6 is 0 Å². The molecule has 0 saturated heterocycles. The summed E-state index contributed by atoms with van der Waals surface area (Å²) >= 11 is 0. The minimum atomic E-state index is -1.66. The van der Waals surface area contributed by atoms with Crippen molar-refractivity contribution in [2.24, 2.45) is 0 Å². The first kappa shape index (κ1) is 16.2. The first-order valence-corrected chi connectivity index (χ1v) is 6.99. The summed E-state index contributed by atoms with van der Waals surface area (Å²) in [5, 5.41) is 19.6. The van der Waals surface area contributed by atoms with Gasteiger partial charge in [0.15, 0.2) is 0 Å². The molecule has 0 radical (unpaired) electrons. The van der Waals surface area contributed by atoms with Crippen molar-refractivity contribution in [3.63, 3.8) is 0 Å². The van der Waals surface area contributed by atoms with Crippen molar-refractivity contribution in [1.82, 2.24) is 4.90 Å². The van der Waals surface area contributed by atoms with Gasteiger partial charge in [0.25, 0.3) is 0 Å². The number of amides is 1. The monoisotopic (exact) mass is 275 g/mol. The lowest BCUT2D eigenvalue weighted by Gasteiger charge is -2.44. The Bertz CT molecular complexity index is 321. The van der Waals surface area contributed by atoms with Crippen LogP contribution < -0.4 is 0 Å². The molecule has 1 aliphatic carbocycles. The second kappa shape index (κ2) is 5.65. The summed E-state index contributed by atoms with van der Waals surface area (Å²) in [6, 6.07) is -0.763. The SMILES string of the molecule is CC(C(O)C1(F)CCCCC1)N(C(=O)O)C(C)(C)C. The molecule has 112 valence electrons. The standard InChI is InChI=1S/C14H26FNO3/c1-10(16(12(18)19)13(2,3)4)11(17)14(15)8-6-5-7-9-14/h10-11,17H,5-9H2,1-4H3,(H,18,19). The minimum absolute atomic E-state index is 0.316. The fourth-order valence-corrected chi connectivity index (χ4v) is 3.08. The normalized spacial score (nSPS) is 22.6. The summed E-state index contributed by atoms with van der Waals surface area (Å²) in [5.41, 5.74) is -2.33. The lowest BCUT2D eigenvalue weighted by Crippen LogP contribution is -2.59. The maximum Gasteiger partial charge on any atom is 0.408 e. The Balaban J connectivity index is 2.90. The summed E-state index contributed by atoms with van der Waals surface area (Å²) in [6.07, 6.45) is 0.716. The van der Waals surface area contributed by atoms with Gasteiger partial charge in [-0.25, -0.2) is 9.18 Å².